The molecule has 1 unspecified atom stereocenters. The van der Waals surface area contributed by atoms with E-state index in [1.165, 1.54) is 58.5 Å². The summed E-state index contributed by atoms with van der Waals surface area (Å²) < 4.78 is 7.30. The van der Waals surface area contributed by atoms with Gasteiger partial charge in [0.05, 0.1) is 22.5 Å². The van der Waals surface area contributed by atoms with Crippen molar-refractivity contribution in [3.8, 4) is 0 Å². The Labute approximate surface area is 147 Å². The lowest BCUT2D eigenvalue weighted by atomic mass is 9.77. The highest BCUT2D eigenvalue weighted by molar-refractivity contribution is 7.19. The average Bonchev–Trinajstić information content (AvgIpc) is 3.22. The summed E-state index contributed by atoms with van der Waals surface area (Å²) in [4.78, 5) is 4.25. The Morgan fingerprint density at radius 1 is 1.12 bits per heavy atom. The van der Waals surface area contributed by atoms with Crippen LogP contribution in [0.5, 0.6) is 0 Å². The van der Waals surface area contributed by atoms with Crippen molar-refractivity contribution in [1.29, 1.82) is 0 Å². The van der Waals surface area contributed by atoms with E-state index in [1.807, 2.05) is 17.6 Å². The number of para-hydroxylation sites is 1. The number of rotatable bonds is 1. The molecule has 1 aliphatic carbocycles. The second-order valence-corrected chi connectivity index (χ2v) is 8.46. The predicted octanol–water partition coefficient (Wildman–Crippen LogP) is 6.54. The summed E-state index contributed by atoms with van der Waals surface area (Å²) in [6, 6.07) is 11.4. The van der Waals surface area contributed by atoms with E-state index < -0.39 is 0 Å². The number of hydrogen-bond donors (Lipinski definition) is 0. The second kappa shape index (κ2) is 5.13. The Balaban J connectivity index is 1.78. The van der Waals surface area contributed by atoms with E-state index in [9.17, 15) is 0 Å². The van der Waals surface area contributed by atoms with Gasteiger partial charge in [-0.05, 0) is 44.4 Å². The third-order valence-corrected chi connectivity index (χ3v) is 7.38. The van der Waals surface area contributed by atoms with Gasteiger partial charge in [0.2, 0.25) is 0 Å². The molecule has 1 fully saturated rings. The monoisotopic (exact) mass is 337 g/mol. The van der Waals surface area contributed by atoms with E-state index >= 15 is 0 Å². The molecule has 1 atom stereocenters. The highest BCUT2D eigenvalue weighted by Gasteiger charge is 2.52. The molecule has 0 radical (unpaired) electrons. The minimum absolute atomic E-state index is 0.120. The molecule has 0 amide bonds. The van der Waals surface area contributed by atoms with Crippen molar-refractivity contribution < 1.29 is 4.42 Å². The summed E-state index contributed by atoms with van der Waals surface area (Å²) in [5.74, 6) is 0. The third kappa shape index (κ3) is 1.76. The molecule has 2 nitrogen and oxygen atoms in total. The number of hydrogen-bond acceptors (Lipinski definition) is 3. The van der Waals surface area contributed by atoms with Crippen LogP contribution in [0.4, 0.5) is 5.69 Å². The quantitative estimate of drug-likeness (QED) is 0.501. The third-order valence-electron chi connectivity index (χ3n) is 6.07. The number of aryl methyl sites for hydroxylation is 1. The molecule has 24 heavy (non-hydrogen) atoms. The van der Waals surface area contributed by atoms with Crippen LogP contribution in [0.1, 0.15) is 61.1 Å². The molecule has 0 bridgehead atoms. The van der Waals surface area contributed by atoms with Gasteiger partial charge in [0.15, 0.2) is 5.58 Å². The van der Waals surface area contributed by atoms with Gasteiger partial charge in [-0.15, -0.1) is 11.3 Å². The fourth-order valence-corrected chi connectivity index (χ4v) is 6.35. The molecule has 1 spiro atoms. The summed E-state index contributed by atoms with van der Waals surface area (Å²) >= 11 is 1.94. The Morgan fingerprint density at radius 3 is 2.71 bits per heavy atom. The minimum Gasteiger partial charge on any atom is -0.463 e. The fraction of sp³-hybridized carbons (Fsp3) is 0.429. The van der Waals surface area contributed by atoms with Crippen LogP contribution in [0.3, 0.4) is 0 Å². The standard InChI is InChI=1S/C21H23NOS/c1-14-8-4-5-9-16(14)22-15(2)20-18(19-17(24-20)10-13-23-19)21(22)11-6-3-7-12-21/h4-5,8-10,13,15H,3,6-7,11-12H2,1-2H3. The van der Waals surface area contributed by atoms with E-state index in [4.69, 9.17) is 4.42 Å². The molecule has 2 aliphatic rings. The number of thiophene rings is 1. The van der Waals surface area contributed by atoms with Gasteiger partial charge in [-0.1, -0.05) is 37.5 Å². The van der Waals surface area contributed by atoms with Crippen LogP contribution in [0.2, 0.25) is 0 Å². The number of nitrogens with zero attached hydrogens (tertiary/aromatic N) is 1. The Kier molecular flexibility index (Phi) is 3.12. The lowest BCUT2D eigenvalue weighted by Gasteiger charge is -2.46. The van der Waals surface area contributed by atoms with Crippen LogP contribution in [0.25, 0.3) is 10.3 Å². The molecular weight excluding hydrogens is 314 g/mol. The van der Waals surface area contributed by atoms with Gasteiger partial charge in [0, 0.05) is 16.1 Å². The molecule has 1 aromatic carbocycles. The van der Waals surface area contributed by atoms with Gasteiger partial charge in [-0.3, -0.25) is 0 Å². The van der Waals surface area contributed by atoms with E-state index in [1.54, 1.807) is 0 Å². The van der Waals surface area contributed by atoms with Gasteiger partial charge in [-0.25, -0.2) is 0 Å². The highest BCUT2D eigenvalue weighted by Crippen LogP contribution is 2.59. The van der Waals surface area contributed by atoms with Crippen LogP contribution >= 0.6 is 11.3 Å². The van der Waals surface area contributed by atoms with Gasteiger partial charge < -0.3 is 9.32 Å². The van der Waals surface area contributed by atoms with Crippen molar-refractivity contribution in [2.75, 3.05) is 4.90 Å². The largest absolute Gasteiger partial charge is 0.463 e. The van der Waals surface area contributed by atoms with Crippen LogP contribution in [0, 0.1) is 6.92 Å². The zero-order chi connectivity index (χ0) is 16.3. The first-order chi connectivity index (χ1) is 11.7. The molecule has 1 saturated carbocycles. The van der Waals surface area contributed by atoms with E-state index in [0.29, 0.717) is 6.04 Å². The van der Waals surface area contributed by atoms with Crippen molar-refractivity contribution in [3.63, 3.8) is 0 Å². The Hall–Kier alpha value is -1.74. The first kappa shape index (κ1) is 14.6. The molecular formula is C21H23NOS. The van der Waals surface area contributed by atoms with Crippen LogP contribution < -0.4 is 4.90 Å². The normalized spacial score (nSPS) is 22.4. The first-order valence-corrected chi connectivity index (χ1v) is 9.89. The lowest BCUT2D eigenvalue weighted by Crippen LogP contribution is -2.44. The van der Waals surface area contributed by atoms with Gasteiger partial charge in [0.1, 0.15) is 0 Å². The number of furan rings is 1. The predicted molar refractivity (Wildman–Crippen MR) is 101 cm³/mol. The molecule has 124 valence electrons. The fourth-order valence-electron chi connectivity index (χ4n) is 5.09. The summed E-state index contributed by atoms with van der Waals surface area (Å²) in [5.41, 5.74) is 5.55. The van der Waals surface area contributed by atoms with E-state index in [-0.39, 0.29) is 5.54 Å². The molecule has 0 saturated heterocycles. The lowest BCUT2D eigenvalue weighted by molar-refractivity contribution is 0.283. The van der Waals surface area contributed by atoms with Crippen molar-refractivity contribution in [1.82, 2.24) is 0 Å². The molecule has 2 aromatic heterocycles. The van der Waals surface area contributed by atoms with Gasteiger partial charge in [0.25, 0.3) is 0 Å². The maximum atomic E-state index is 5.97. The smallest absolute Gasteiger partial charge is 0.150 e. The van der Waals surface area contributed by atoms with Crippen LogP contribution in [-0.2, 0) is 5.54 Å². The van der Waals surface area contributed by atoms with E-state index in [0.717, 1.165) is 5.58 Å². The maximum absolute atomic E-state index is 5.97. The minimum atomic E-state index is 0.120. The SMILES string of the molecule is Cc1ccccc1N1C(C)c2sc3ccoc3c2C12CCCCC2. The summed E-state index contributed by atoms with van der Waals surface area (Å²) in [6.07, 6.45) is 8.33. The number of fused-ring (bicyclic) bond motifs is 4. The van der Waals surface area contributed by atoms with Crippen LogP contribution in [0.15, 0.2) is 41.0 Å². The molecule has 3 heteroatoms. The molecule has 1 aliphatic heterocycles. The number of anilines is 1. The highest BCUT2D eigenvalue weighted by atomic mass is 32.1. The van der Waals surface area contributed by atoms with Crippen molar-refractivity contribution in [2.45, 2.75) is 57.5 Å². The van der Waals surface area contributed by atoms with Crippen molar-refractivity contribution in [2.24, 2.45) is 0 Å². The zero-order valence-electron chi connectivity index (χ0n) is 14.3. The van der Waals surface area contributed by atoms with Crippen molar-refractivity contribution >= 4 is 27.3 Å². The zero-order valence-corrected chi connectivity index (χ0v) is 15.2. The Morgan fingerprint density at radius 2 is 1.92 bits per heavy atom. The van der Waals surface area contributed by atoms with Gasteiger partial charge >= 0.3 is 0 Å². The first-order valence-electron chi connectivity index (χ1n) is 9.08. The Bertz CT molecular complexity index is 900. The molecule has 3 aromatic rings. The van der Waals surface area contributed by atoms with Crippen molar-refractivity contribution in [3.05, 3.63) is 52.6 Å². The van der Waals surface area contributed by atoms with Gasteiger partial charge in [-0.2, -0.15) is 0 Å². The van der Waals surface area contributed by atoms with E-state index in [2.05, 4.69) is 49.1 Å². The summed E-state index contributed by atoms with van der Waals surface area (Å²) in [6.45, 7) is 4.62. The molecule has 3 heterocycles. The summed E-state index contributed by atoms with van der Waals surface area (Å²) in [5, 5.41) is 0. The molecule has 5 rings (SSSR count). The summed E-state index contributed by atoms with van der Waals surface area (Å²) in [7, 11) is 0. The second-order valence-electron chi connectivity index (χ2n) is 7.38. The van der Waals surface area contributed by atoms with Crippen LogP contribution in [-0.4, -0.2) is 0 Å². The molecule has 0 N–H and O–H groups in total. The maximum Gasteiger partial charge on any atom is 0.150 e. The number of benzene rings is 1. The topological polar surface area (TPSA) is 16.4 Å². The average molecular weight is 337 g/mol.